The molecular weight excluding hydrogens is 739 g/mol. The van der Waals surface area contributed by atoms with Crippen LogP contribution in [0.5, 0.6) is 0 Å². The summed E-state index contributed by atoms with van der Waals surface area (Å²) in [6.45, 7) is 0.408. The number of amides is 3. The monoisotopic (exact) mass is 761 g/mol. The first kappa shape index (κ1) is 27.7. The average molecular weight is 761 g/mol. The van der Waals surface area contributed by atoms with Gasteiger partial charge in [-0.15, -0.1) is 0 Å². The number of benzene rings is 1. The molecule has 1 rings (SSSR count). The highest BCUT2D eigenvalue weighted by atomic mass is 127. The molecule has 0 saturated carbocycles. The van der Waals surface area contributed by atoms with Crippen molar-refractivity contribution in [1.82, 2.24) is 5.32 Å². The third-order valence-corrected chi connectivity index (χ3v) is 7.06. The molecule has 0 radical (unpaired) electrons. The minimum atomic E-state index is -1.15. The van der Waals surface area contributed by atoms with E-state index in [4.69, 9.17) is 15.6 Å². The zero-order valence-corrected chi connectivity index (χ0v) is 22.6. The van der Waals surface area contributed by atoms with Crippen molar-refractivity contribution in [2.75, 3.05) is 38.3 Å². The summed E-state index contributed by atoms with van der Waals surface area (Å²) in [7, 11) is 1.41. The molecule has 0 spiro atoms. The Bertz CT molecular complexity index is 823. The van der Waals surface area contributed by atoms with Gasteiger partial charge in [-0.25, -0.2) is 0 Å². The Balaban J connectivity index is 3.65. The molecule has 0 heterocycles. The molecule has 0 bridgehead atoms. The fourth-order valence-corrected chi connectivity index (χ4v) is 7.27. The zero-order valence-electron chi connectivity index (χ0n) is 16.1. The van der Waals surface area contributed by atoms with Gasteiger partial charge in [-0.05, 0) is 67.8 Å². The Morgan fingerprint density at radius 1 is 1.10 bits per heavy atom. The van der Waals surface area contributed by atoms with Crippen LogP contribution in [0.25, 0.3) is 0 Å². The smallest absolute Gasteiger partial charge is 0.253 e. The quantitative estimate of drug-likeness (QED) is 0.211. The molecule has 2 unspecified atom stereocenters. The van der Waals surface area contributed by atoms with Gasteiger partial charge in [-0.3, -0.25) is 14.4 Å². The number of methoxy groups -OCH3 is 1. The number of hydrogen-bond acceptors (Lipinski definition) is 7. The Kier molecular flexibility index (Phi) is 11.7. The van der Waals surface area contributed by atoms with Gasteiger partial charge in [0.2, 0.25) is 5.91 Å². The summed E-state index contributed by atoms with van der Waals surface area (Å²) in [6, 6.07) is 0. The number of aliphatic hydroxyl groups is 3. The molecule has 0 aliphatic rings. The van der Waals surface area contributed by atoms with Crippen LogP contribution >= 0.6 is 67.8 Å². The van der Waals surface area contributed by atoms with Crippen molar-refractivity contribution in [1.29, 1.82) is 0 Å². The zero-order chi connectivity index (χ0) is 23.2. The van der Waals surface area contributed by atoms with Crippen LogP contribution < -0.4 is 16.0 Å². The van der Waals surface area contributed by atoms with Crippen LogP contribution in [0.1, 0.15) is 27.6 Å². The number of rotatable bonds is 10. The minimum absolute atomic E-state index is 0.0175. The van der Waals surface area contributed by atoms with Gasteiger partial charge in [0, 0.05) is 24.1 Å². The van der Waals surface area contributed by atoms with Crippen LogP contribution in [0.4, 0.5) is 5.69 Å². The number of ether oxygens (including phenoxy) is 1. The number of halogens is 3. The van der Waals surface area contributed by atoms with E-state index in [0.717, 1.165) is 0 Å². The maximum atomic E-state index is 12.8. The van der Waals surface area contributed by atoms with E-state index < -0.39 is 36.5 Å². The summed E-state index contributed by atoms with van der Waals surface area (Å²) in [5, 5.41) is 31.1. The predicted octanol–water partition coefficient (Wildman–Crippen LogP) is 0.0425. The highest BCUT2D eigenvalue weighted by Gasteiger charge is 2.31. The summed E-state index contributed by atoms with van der Waals surface area (Å²) in [5.74, 6) is -1.82. The van der Waals surface area contributed by atoms with Gasteiger partial charge in [0.1, 0.15) is 0 Å². The molecule has 0 aromatic heterocycles. The minimum Gasteiger partial charge on any atom is -0.394 e. The normalized spacial score (nSPS) is 12.9. The number of nitrogens with two attached hydrogens (primary N) is 1. The molecule has 1 aromatic carbocycles. The lowest BCUT2D eigenvalue weighted by molar-refractivity contribution is -0.117. The Labute approximate surface area is 214 Å². The van der Waals surface area contributed by atoms with Gasteiger partial charge < -0.3 is 36.0 Å². The summed E-state index contributed by atoms with van der Waals surface area (Å²) in [4.78, 5) is 38.6. The van der Waals surface area contributed by atoms with Gasteiger partial charge >= 0.3 is 0 Å². The molecule has 1 aromatic rings. The molecule has 168 valence electrons. The van der Waals surface area contributed by atoms with Crippen molar-refractivity contribution in [3.63, 3.8) is 0 Å². The van der Waals surface area contributed by atoms with E-state index in [2.05, 4.69) is 5.32 Å². The van der Waals surface area contributed by atoms with Gasteiger partial charge in [0.25, 0.3) is 11.8 Å². The molecule has 0 aliphatic carbocycles. The van der Waals surface area contributed by atoms with Crippen LogP contribution in [0.3, 0.4) is 0 Å². The number of hydrogen-bond donors (Lipinski definition) is 5. The molecule has 3 amide bonds. The first-order valence-corrected chi connectivity index (χ1v) is 11.7. The third kappa shape index (κ3) is 6.83. The maximum absolute atomic E-state index is 12.8. The lowest BCUT2D eigenvalue weighted by Gasteiger charge is -2.28. The van der Waals surface area contributed by atoms with Gasteiger partial charge in [-0.1, -0.05) is 0 Å². The molecule has 10 nitrogen and oxygen atoms in total. The number of nitrogens with one attached hydrogen (secondary N) is 1. The molecule has 0 aliphatic heterocycles. The average Bonchev–Trinajstić information content (AvgIpc) is 2.64. The van der Waals surface area contributed by atoms with Crippen molar-refractivity contribution in [2.45, 2.75) is 19.1 Å². The third-order valence-electron chi connectivity index (χ3n) is 3.88. The lowest BCUT2D eigenvalue weighted by Crippen LogP contribution is -2.40. The molecule has 30 heavy (non-hydrogen) atoms. The molecule has 6 N–H and O–H groups in total. The van der Waals surface area contributed by atoms with Crippen LogP contribution in [0, 0.1) is 10.7 Å². The second-order valence-electron chi connectivity index (χ2n) is 6.19. The van der Waals surface area contributed by atoms with Gasteiger partial charge in [-0.2, -0.15) is 0 Å². The van der Waals surface area contributed by atoms with Crippen molar-refractivity contribution in [2.24, 2.45) is 5.73 Å². The SMILES string of the molecule is COCC(O)CN(C(C)=O)c1c(I)c(C(N)=O)c(I)c(C(=O)NCC(O)CO)c1I. The van der Waals surface area contributed by atoms with Crippen molar-refractivity contribution in [3.8, 4) is 0 Å². The first-order valence-electron chi connectivity index (χ1n) is 8.50. The molecule has 13 heteroatoms. The fourth-order valence-electron chi connectivity index (χ4n) is 2.50. The molecule has 0 saturated heterocycles. The fraction of sp³-hybridized carbons (Fsp3) is 0.471. The molecule has 2 atom stereocenters. The second-order valence-corrected chi connectivity index (χ2v) is 9.43. The predicted molar refractivity (Wildman–Crippen MR) is 134 cm³/mol. The largest absolute Gasteiger partial charge is 0.394 e. The Morgan fingerprint density at radius 3 is 2.13 bits per heavy atom. The number of carbonyl (C=O) groups is 3. The van der Waals surface area contributed by atoms with E-state index in [1.165, 1.54) is 18.9 Å². The summed E-state index contributed by atoms with van der Waals surface area (Å²) in [5.41, 5.74) is 5.97. The molecule has 0 fully saturated rings. The number of aliphatic hydroxyl groups excluding tert-OH is 3. The second kappa shape index (κ2) is 12.6. The van der Waals surface area contributed by atoms with E-state index in [0.29, 0.717) is 7.14 Å². The van der Waals surface area contributed by atoms with E-state index >= 15 is 0 Å². The van der Waals surface area contributed by atoms with Crippen LogP contribution in [-0.2, 0) is 9.53 Å². The number of primary amides is 1. The summed E-state index contributed by atoms with van der Waals surface area (Å²) >= 11 is 5.60. The van der Waals surface area contributed by atoms with E-state index in [1.54, 1.807) is 0 Å². The van der Waals surface area contributed by atoms with E-state index in [9.17, 15) is 24.6 Å². The van der Waals surface area contributed by atoms with Crippen molar-refractivity contribution >= 4 is 91.2 Å². The van der Waals surface area contributed by atoms with Gasteiger partial charge in [0.05, 0.1) is 55.9 Å². The molecular formula is C17H22I3N3O7. The highest BCUT2D eigenvalue weighted by Crippen LogP contribution is 2.38. The topological polar surface area (TPSA) is 162 Å². The maximum Gasteiger partial charge on any atom is 0.253 e. The Hall–Kier alpha value is -0.340. The Morgan fingerprint density at radius 2 is 1.67 bits per heavy atom. The highest BCUT2D eigenvalue weighted by molar-refractivity contribution is 14.1. The number of anilines is 1. The van der Waals surface area contributed by atoms with Crippen molar-refractivity contribution in [3.05, 3.63) is 21.8 Å². The lowest BCUT2D eigenvalue weighted by atomic mass is 10.1. The van der Waals surface area contributed by atoms with Crippen molar-refractivity contribution < 1.29 is 34.4 Å². The van der Waals surface area contributed by atoms with Gasteiger partial charge in [0.15, 0.2) is 0 Å². The number of carbonyl (C=O) groups excluding carboxylic acids is 3. The number of nitrogens with zero attached hydrogens (tertiary/aromatic N) is 1. The van der Waals surface area contributed by atoms with E-state index in [-0.39, 0.29) is 40.1 Å². The van der Waals surface area contributed by atoms with Crippen LogP contribution in [-0.4, -0.2) is 78.7 Å². The van der Waals surface area contributed by atoms with Crippen LogP contribution in [0.15, 0.2) is 0 Å². The van der Waals surface area contributed by atoms with E-state index in [1.807, 2.05) is 67.8 Å². The van der Waals surface area contributed by atoms with Crippen LogP contribution in [0.2, 0.25) is 0 Å². The summed E-state index contributed by atoms with van der Waals surface area (Å²) < 4.78 is 5.92. The first-order chi connectivity index (χ1) is 14.0. The summed E-state index contributed by atoms with van der Waals surface area (Å²) in [6.07, 6.45) is -2.15. The standard InChI is InChI=1S/C17H22I3N3O7/c1-7(25)23(4-9(27)6-30-2)15-13(19)10(16(21)28)12(18)11(14(15)20)17(29)22-3-8(26)5-24/h8-9,24,26-27H,3-6H2,1-2H3,(H2,21,28)(H,22,29).